The molecule has 0 radical (unpaired) electrons. The van der Waals surface area contributed by atoms with Gasteiger partial charge >= 0.3 is 6.09 Å². The first-order valence-electron chi connectivity index (χ1n) is 9.75. The van der Waals surface area contributed by atoms with Crippen LogP contribution in [0, 0.1) is 6.92 Å². The highest BCUT2D eigenvalue weighted by molar-refractivity contribution is 5.86. The summed E-state index contributed by atoms with van der Waals surface area (Å²) in [5.74, 6) is -0.313. The van der Waals surface area contributed by atoms with E-state index in [1.807, 2.05) is 59.7 Å². The molecule has 8 nitrogen and oxygen atoms in total. The van der Waals surface area contributed by atoms with Crippen molar-refractivity contribution >= 4 is 23.0 Å². The van der Waals surface area contributed by atoms with E-state index in [0.29, 0.717) is 17.8 Å². The molecule has 2 amide bonds. The maximum atomic E-state index is 12.9. The summed E-state index contributed by atoms with van der Waals surface area (Å²) in [7, 11) is 0. The molecular formula is C21H29N3O5. The van der Waals surface area contributed by atoms with E-state index < -0.39 is 23.3 Å². The second kappa shape index (κ2) is 7.67. The first-order chi connectivity index (χ1) is 13.5. The third kappa shape index (κ3) is 4.70. The molecule has 0 bridgehead atoms. The maximum Gasteiger partial charge on any atom is 0.410 e. The average Bonchev–Trinajstić information content (AvgIpc) is 3.06. The van der Waals surface area contributed by atoms with Crippen LogP contribution in [0.2, 0.25) is 0 Å². The van der Waals surface area contributed by atoms with Gasteiger partial charge in [0.25, 0.3) is 5.91 Å². The number of rotatable bonds is 3. The lowest BCUT2D eigenvalue weighted by Crippen LogP contribution is -2.55. The topological polar surface area (TPSA) is 93.9 Å². The van der Waals surface area contributed by atoms with E-state index in [9.17, 15) is 9.59 Å². The number of ether oxygens (including phenoxy) is 2. The molecule has 0 saturated carbocycles. The minimum absolute atomic E-state index is 0.134. The number of carbonyl (C=O) groups is 2. The normalized spacial score (nSPS) is 18.0. The molecule has 29 heavy (non-hydrogen) atoms. The smallest absolute Gasteiger partial charge is 0.410 e. The molecule has 1 atom stereocenters. The van der Waals surface area contributed by atoms with Gasteiger partial charge in [0.1, 0.15) is 11.3 Å². The SMILES string of the molecule is Cc1cccc2c(C(C)(C)NC(=O)[C@@H]3CN(C(=O)OC(C)(C)C)CCO3)noc12. The quantitative estimate of drug-likeness (QED) is 0.846. The molecule has 8 heteroatoms. The molecule has 1 aromatic heterocycles. The molecule has 1 aliphatic heterocycles. The molecule has 1 N–H and O–H groups in total. The Labute approximate surface area is 170 Å². The van der Waals surface area contributed by atoms with Crippen LogP contribution >= 0.6 is 0 Å². The predicted molar refractivity (Wildman–Crippen MR) is 107 cm³/mol. The zero-order valence-electron chi connectivity index (χ0n) is 17.9. The Morgan fingerprint density at radius 2 is 1.97 bits per heavy atom. The van der Waals surface area contributed by atoms with Gasteiger partial charge in [0.15, 0.2) is 11.7 Å². The Morgan fingerprint density at radius 1 is 1.24 bits per heavy atom. The van der Waals surface area contributed by atoms with Gasteiger partial charge in [0.2, 0.25) is 0 Å². The molecule has 0 unspecified atom stereocenters. The van der Waals surface area contributed by atoms with Crippen molar-refractivity contribution in [3.63, 3.8) is 0 Å². The van der Waals surface area contributed by atoms with Crippen LogP contribution in [0.1, 0.15) is 45.9 Å². The van der Waals surface area contributed by atoms with Gasteiger partial charge in [0.05, 0.1) is 18.7 Å². The first-order valence-corrected chi connectivity index (χ1v) is 9.75. The van der Waals surface area contributed by atoms with Crippen LogP contribution in [0.25, 0.3) is 11.0 Å². The lowest BCUT2D eigenvalue weighted by molar-refractivity contribution is -0.139. The van der Waals surface area contributed by atoms with Crippen molar-refractivity contribution in [2.75, 3.05) is 19.7 Å². The van der Waals surface area contributed by atoms with E-state index in [4.69, 9.17) is 14.0 Å². The van der Waals surface area contributed by atoms with Crippen LogP contribution in [0.15, 0.2) is 22.7 Å². The van der Waals surface area contributed by atoms with Gasteiger partial charge in [-0.3, -0.25) is 4.79 Å². The minimum atomic E-state index is -0.784. The number of carbonyl (C=O) groups excluding carboxylic acids is 2. The molecule has 1 saturated heterocycles. The zero-order chi connectivity index (χ0) is 21.4. The Bertz CT molecular complexity index is 913. The van der Waals surface area contributed by atoms with Crippen molar-refractivity contribution in [1.82, 2.24) is 15.4 Å². The summed E-state index contributed by atoms with van der Waals surface area (Å²) in [5.41, 5.74) is 0.945. The van der Waals surface area contributed by atoms with Crippen molar-refractivity contribution in [1.29, 1.82) is 0 Å². The van der Waals surface area contributed by atoms with Crippen molar-refractivity contribution in [3.05, 3.63) is 29.5 Å². The van der Waals surface area contributed by atoms with Gasteiger partial charge in [-0.15, -0.1) is 0 Å². The van der Waals surface area contributed by atoms with Gasteiger partial charge in [-0.25, -0.2) is 4.79 Å². The van der Waals surface area contributed by atoms with E-state index in [1.165, 1.54) is 4.90 Å². The maximum absolute atomic E-state index is 12.9. The molecule has 2 heterocycles. The molecule has 3 rings (SSSR count). The largest absolute Gasteiger partial charge is 0.444 e. The number of para-hydroxylation sites is 1. The van der Waals surface area contributed by atoms with E-state index in [2.05, 4.69) is 10.5 Å². The van der Waals surface area contributed by atoms with Gasteiger partial charge in [0, 0.05) is 11.9 Å². The van der Waals surface area contributed by atoms with E-state index in [1.54, 1.807) is 0 Å². The van der Waals surface area contributed by atoms with E-state index in [0.717, 1.165) is 10.9 Å². The van der Waals surface area contributed by atoms with Gasteiger partial charge in [-0.1, -0.05) is 17.3 Å². The highest BCUT2D eigenvalue weighted by atomic mass is 16.6. The number of aryl methyl sites for hydroxylation is 1. The standard InChI is InChI=1S/C21H29N3O5/c1-13-8-7-9-14-16(13)29-23-17(14)21(5,6)22-18(25)15-12-24(10-11-27-15)19(26)28-20(2,3)4/h7-9,15H,10-12H2,1-6H3,(H,22,25)/t15-/m0/s1. The first kappa shape index (κ1) is 21.1. The summed E-state index contributed by atoms with van der Waals surface area (Å²) in [6, 6.07) is 5.80. The van der Waals surface area contributed by atoms with Crippen LogP contribution in [0.4, 0.5) is 4.79 Å². The van der Waals surface area contributed by atoms with Crippen molar-refractivity contribution in [2.24, 2.45) is 0 Å². The van der Waals surface area contributed by atoms with Crippen LogP contribution in [0.3, 0.4) is 0 Å². The Hall–Kier alpha value is -2.61. The lowest BCUT2D eigenvalue weighted by Gasteiger charge is -2.35. The molecule has 0 spiro atoms. The average molecular weight is 403 g/mol. The summed E-state index contributed by atoms with van der Waals surface area (Å²) in [6.07, 6.45) is -1.23. The highest BCUT2D eigenvalue weighted by Crippen LogP contribution is 2.29. The van der Waals surface area contributed by atoms with Gasteiger partial charge in [-0.05, 0) is 53.2 Å². The molecular weight excluding hydrogens is 374 g/mol. The summed E-state index contributed by atoms with van der Waals surface area (Å²) >= 11 is 0. The monoisotopic (exact) mass is 403 g/mol. The van der Waals surface area contributed by atoms with E-state index in [-0.39, 0.29) is 19.1 Å². The Kier molecular flexibility index (Phi) is 5.58. The highest BCUT2D eigenvalue weighted by Gasteiger charge is 2.36. The molecule has 1 aromatic carbocycles. The summed E-state index contributed by atoms with van der Waals surface area (Å²) < 4.78 is 16.5. The van der Waals surface area contributed by atoms with Crippen molar-refractivity contribution in [2.45, 2.75) is 58.8 Å². The molecule has 1 aliphatic rings. The van der Waals surface area contributed by atoms with Gasteiger partial charge in [-0.2, -0.15) is 0 Å². The minimum Gasteiger partial charge on any atom is -0.444 e. The zero-order valence-corrected chi connectivity index (χ0v) is 17.9. The molecule has 2 aromatic rings. The summed E-state index contributed by atoms with van der Waals surface area (Å²) in [5, 5.41) is 8.03. The third-order valence-electron chi connectivity index (χ3n) is 4.73. The fraction of sp³-hybridized carbons (Fsp3) is 0.571. The summed E-state index contributed by atoms with van der Waals surface area (Å²) in [4.78, 5) is 26.7. The fourth-order valence-electron chi connectivity index (χ4n) is 3.30. The second-order valence-electron chi connectivity index (χ2n) is 8.88. The number of amides is 2. The summed E-state index contributed by atoms with van der Waals surface area (Å²) in [6.45, 7) is 11.9. The van der Waals surface area contributed by atoms with Crippen LogP contribution in [0.5, 0.6) is 0 Å². The van der Waals surface area contributed by atoms with Crippen molar-refractivity contribution in [3.8, 4) is 0 Å². The number of hydrogen-bond donors (Lipinski definition) is 1. The fourth-order valence-corrected chi connectivity index (χ4v) is 3.30. The molecule has 0 aliphatic carbocycles. The number of hydrogen-bond acceptors (Lipinski definition) is 6. The lowest BCUT2D eigenvalue weighted by atomic mass is 9.96. The Balaban J connectivity index is 1.71. The van der Waals surface area contributed by atoms with Crippen LogP contribution < -0.4 is 5.32 Å². The number of nitrogens with one attached hydrogen (secondary N) is 1. The van der Waals surface area contributed by atoms with Crippen molar-refractivity contribution < 1.29 is 23.6 Å². The number of benzene rings is 1. The number of fused-ring (bicyclic) bond motifs is 1. The molecule has 158 valence electrons. The van der Waals surface area contributed by atoms with Crippen LogP contribution in [-0.2, 0) is 19.8 Å². The number of aromatic nitrogens is 1. The predicted octanol–water partition coefficient (Wildman–Crippen LogP) is 3.12. The van der Waals surface area contributed by atoms with Crippen LogP contribution in [-0.4, -0.2) is 53.5 Å². The number of morpholine rings is 1. The molecule has 1 fully saturated rings. The Morgan fingerprint density at radius 3 is 2.66 bits per heavy atom. The van der Waals surface area contributed by atoms with E-state index >= 15 is 0 Å². The van der Waals surface area contributed by atoms with Gasteiger partial charge < -0.3 is 24.2 Å². The second-order valence-corrected chi connectivity index (χ2v) is 8.88. The third-order valence-corrected chi connectivity index (χ3v) is 4.73. The number of nitrogens with zero attached hydrogens (tertiary/aromatic N) is 2.